The lowest BCUT2D eigenvalue weighted by Gasteiger charge is -2.22. The molecule has 1 aliphatic carbocycles. The summed E-state index contributed by atoms with van der Waals surface area (Å²) in [5.74, 6) is -0.496. The SMILES string of the molecule is O=Cc1cc(F)ccc1OCC(=O)NC1CCCCC1. The smallest absolute Gasteiger partial charge is 0.258 e. The zero-order valence-corrected chi connectivity index (χ0v) is 11.2. The monoisotopic (exact) mass is 279 g/mol. The van der Waals surface area contributed by atoms with Gasteiger partial charge in [0.05, 0.1) is 5.56 Å². The number of carbonyl (C=O) groups is 2. The Kier molecular flexibility index (Phi) is 5.09. The molecule has 0 saturated heterocycles. The number of nitrogens with one attached hydrogen (secondary N) is 1. The highest BCUT2D eigenvalue weighted by Gasteiger charge is 2.16. The molecule has 0 radical (unpaired) electrons. The van der Waals surface area contributed by atoms with Crippen molar-refractivity contribution >= 4 is 12.2 Å². The van der Waals surface area contributed by atoms with Crippen LogP contribution in [-0.4, -0.2) is 24.8 Å². The number of rotatable bonds is 5. The van der Waals surface area contributed by atoms with Crippen LogP contribution in [0.15, 0.2) is 18.2 Å². The molecule has 1 aromatic carbocycles. The fourth-order valence-corrected chi connectivity index (χ4v) is 2.40. The summed E-state index contributed by atoms with van der Waals surface area (Å²) in [6.45, 7) is -0.164. The van der Waals surface area contributed by atoms with E-state index in [9.17, 15) is 14.0 Å². The van der Waals surface area contributed by atoms with Gasteiger partial charge < -0.3 is 10.1 Å². The largest absolute Gasteiger partial charge is 0.483 e. The Bertz CT molecular complexity index is 484. The van der Waals surface area contributed by atoms with Crippen LogP contribution in [0.4, 0.5) is 4.39 Å². The van der Waals surface area contributed by atoms with E-state index in [1.807, 2.05) is 0 Å². The summed E-state index contributed by atoms with van der Waals surface area (Å²) < 4.78 is 18.2. The third kappa shape index (κ3) is 4.05. The van der Waals surface area contributed by atoms with Gasteiger partial charge in [-0.05, 0) is 31.0 Å². The van der Waals surface area contributed by atoms with E-state index in [0.29, 0.717) is 6.29 Å². The van der Waals surface area contributed by atoms with Crippen LogP contribution >= 0.6 is 0 Å². The third-order valence-electron chi connectivity index (χ3n) is 3.43. The standard InChI is InChI=1S/C15H18FNO3/c16-12-6-7-14(11(8-12)9-18)20-10-15(19)17-13-4-2-1-3-5-13/h6-9,13H,1-5,10H2,(H,17,19). The highest BCUT2D eigenvalue weighted by atomic mass is 19.1. The van der Waals surface area contributed by atoms with Gasteiger partial charge in [-0.25, -0.2) is 4.39 Å². The first kappa shape index (κ1) is 14.5. The van der Waals surface area contributed by atoms with Gasteiger partial charge in [0.2, 0.25) is 0 Å². The number of hydrogen-bond acceptors (Lipinski definition) is 3. The van der Waals surface area contributed by atoms with Crippen molar-refractivity contribution in [2.75, 3.05) is 6.61 Å². The van der Waals surface area contributed by atoms with Gasteiger partial charge in [-0.15, -0.1) is 0 Å². The Balaban J connectivity index is 1.85. The molecule has 0 spiro atoms. The fraction of sp³-hybridized carbons (Fsp3) is 0.467. The molecule has 1 amide bonds. The van der Waals surface area contributed by atoms with E-state index in [0.717, 1.165) is 31.7 Å². The molecule has 0 heterocycles. The predicted molar refractivity (Wildman–Crippen MR) is 72.3 cm³/mol. The molecule has 1 saturated carbocycles. The van der Waals surface area contributed by atoms with E-state index >= 15 is 0 Å². The Morgan fingerprint density at radius 2 is 2.10 bits per heavy atom. The molecule has 0 aromatic heterocycles. The van der Waals surface area contributed by atoms with E-state index in [1.54, 1.807) is 0 Å². The van der Waals surface area contributed by atoms with Gasteiger partial charge >= 0.3 is 0 Å². The van der Waals surface area contributed by atoms with Crippen molar-refractivity contribution in [1.82, 2.24) is 5.32 Å². The lowest BCUT2D eigenvalue weighted by atomic mass is 9.95. The number of ether oxygens (including phenoxy) is 1. The first-order chi connectivity index (χ1) is 9.69. The van der Waals surface area contributed by atoms with Gasteiger partial charge in [-0.3, -0.25) is 9.59 Å². The van der Waals surface area contributed by atoms with Crippen molar-refractivity contribution in [1.29, 1.82) is 0 Å². The van der Waals surface area contributed by atoms with Crippen LogP contribution in [0.1, 0.15) is 42.5 Å². The van der Waals surface area contributed by atoms with E-state index in [4.69, 9.17) is 4.74 Å². The van der Waals surface area contributed by atoms with Gasteiger partial charge in [0.15, 0.2) is 12.9 Å². The molecule has 1 aromatic rings. The minimum absolute atomic E-state index is 0.107. The Hall–Kier alpha value is -1.91. The van der Waals surface area contributed by atoms with Gasteiger partial charge in [0, 0.05) is 6.04 Å². The van der Waals surface area contributed by atoms with E-state index in [2.05, 4.69) is 5.32 Å². The first-order valence-electron chi connectivity index (χ1n) is 6.86. The minimum Gasteiger partial charge on any atom is -0.483 e. The molecule has 1 fully saturated rings. The highest BCUT2D eigenvalue weighted by Crippen LogP contribution is 2.19. The first-order valence-corrected chi connectivity index (χ1v) is 6.86. The van der Waals surface area contributed by atoms with Gasteiger partial charge in [0.25, 0.3) is 5.91 Å². The van der Waals surface area contributed by atoms with E-state index in [-0.39, 0.29) is 29.9 Å². The number of halogens is 1. The van der Waals surface area contributed by atoms with Crippen molar-refractivity contribution in [2.24, 2.45) is 0 Å². The van der Waals surface area contributed by atoms with E-state index < -0.39 is 5.82 Å². The van der Waals surface area contributed by atoms with Crippen LogP contribution < -0.4 is 10.1 Å². The van der Waals surface area contributed by atoms with Crippen molar-refractivity contribution in [3.8, 4) is 5.75 Å². The number of hydrogen-bond donors (Lipinski definition) is 1. The van der Waals surface area contributed by atoms with Crippen LogP contribution in [0.2, 0.25) is 0 Å². The van der Waals surface area contributed by atoms with Crippen molar-refractivity contribution in [3.63, 3.8) is 0 Å². The molecule has 0 aliphatic heterocycles. The lowest BCUT2D eigenvalue weighted by Crippen LogP contribution is -2.39. The quantitative estimate of drug-likeness (QED) is 0.842. The molecular weight excluding hydrogens is 261 g/mol. The summed E-state index contributed by atoms with van der Waals surface area (Å²) in [7, 11) is 0. The normalized spacial score (nSPS) is 15.7. The van der Waals surface area contributed by atoms with E-state index in [1.165, 1.54) is 18.6 Å². The van der Waals surface area contributed by atoms with Gasteiger partial charge in [-0.1, -0.05) is 19.3 Å². The van der Waals surface area contributed by atoms with Crippen molar-refractivity contribution < 1.29 is 18.7 Å². The average molecular weight is 279 g/mol. The molecule has 108 valence electrons. The average Bonchev–Trinajstić information content (AvgIpc) is 2.47. The van der Waals surface area contributed by atoms with Crippen molar-refractivity contribution in [3.05, 3.63) is 29.6 Å². The third-order valence-corrected chi connectivity index (χ3v) is 3.43. The molecule has 0 bridgehead atoms. The Morgan fingerprint density at radius 3 is 2.80 bits per heavy atom. The molecule has 5 heteroatoms. The maximum atomic E-state index is 12.9. The van der Waals surface area contributed by atoms with Gasteiger partial charge in [0.1, 0.15) is 11.6 Å². The second kappa shape index (κ2) is 7.03. The topological polar surface area (TPSA) is 55.4 Å². The molecule has 1 N–H and O–H groups in total. The van der Waals surface area contributed by atoms with Crippen LogP contribution in [-0.2, 0) is 4.79 Å². The second-order valence-electron chi connectivity index (χ2n) is 4.99. The van der Waals surface area contributed by atoms with Crippen molar-refractivity contribution in [2.45, 2.75) is 38.1 Å². The molecule has 2 rings (SSSR count). The number of aldehydes is 1. The zero-order chi connectivity index (χ0) is 14.4. The van der Waals surface area contributed by atoms with Crippen LogP contribution in [0.5, 0.6) is 5.75 Å². The maximum absolute atomic E-state index is 12.9. The zero-order valence-electron chi connectivity index (χ0n) is 11.2. The Morgan fingerprint density at radius 1 is 1.35 bits per heavy atom. The summed E-state index contributed by atoms with van der Waals surface area (Å²) in [6, 6.07) is 3.86. The molecular formula is C15H18FNO3. The molecule has 4 nitrogen and oxygen atoms in total. The maximum Gasteiger partial charge on any atom is 0.258 e. The lowest BCUT2D eigenvalue weighted by molar-refractivity contribution is -0.124. The highest BCUT2D eigenvalue weighted by molar-refractivity contribution is 5.81. The second-order valence-corrected chi connectivity index (χ2v) is 4.99. The number of amides is 1. The Labute approximate surface area is 117 Å². The fourth-order valence-electron chi connectivity index (χ4n) is 2.40. The molecule has 20 heavy (non-hydrogen) atoms. The predicted octanol–water partition coefficient (Wildman–Crippen LogP) is 2.47. The summed E-state index contributed by atoms with van der Waals surface area (Å²) >= 11 is 0. The summed E-state index contributed by atoms with van der Waals surface area (Å²) in [5.41, 5.74) is 0.107. The molecule has 0 atom stereocenters. The molecule has 1 aliphatic rings. The summed E-state index contributed by atoms with van der Waals surface area (Å²) in [6.07, 6.45) is 6.01. The summed E-state index contributed by atoms with van der Waals surface area (Å²) in [4.78, 5) is 22.5. The van der Waals surface area contributed by atoms with Crippen LogP contribution in [0, 0.1) is 5.82 Å². The summed E-state index contributed by atoms with van der Waals surface area (Å²) in [5, 5.41) is 2.91. The van der Waals surface area contributed by atoms with Crippen LogP contribution in [0.3, 0.4) is 0 Å². The minimum atomic E-state index is -0.508. The number of benzene rings is 1. The molecule has 0 unspecified atom stereocenters. The van der Waals surface area contributed by atoms with Gasteiger partial charge in [-0.2, -0.15) is 0 Å². The van der Waals surface area contributed by atoms with Crippen LogP contribution in [0.25, 0.3) is 0 Å². The number of carbonyl (C=O) groups excluding carboxylic acids is 2.